The van der Waals surface area contributed by atoms with Crippen LogP contribution in [0.2, 0.25) is 0 Å². The molecule has 0 spiro atoms. The molecule has 0 atom stereocenters. The number of aryl methyl sites for hydroxylation is 2. The molecule has 3 aromatic heterocycles. The molecular formula is C21H22N6O. The van der Waals surface area contributed by atoms with Gasteiger partial charge in [0.1, 0.15) is 0 Å². The summed E-state index contributed by atoms with van der Waals surface area (Å²) in [5, 5.41) is 12.4. The minimum Gasteiger partial charge on any atom is -0.305 e. The van der Waals surface area contributed by atoms with Gasteiger partial charge in [-0.25, -0.2) is 9.67 Å². The summed E-state index contributed by atoms with van der Waals surface area (Å²) in [5.74, 6) is 0.314. The van der Waals surface area contributed by atoms with Gasteiger partial charge in [-0.3, -0.25) is 9.48 Å². The summed E-state index contributed by atoms with van der Waals surface area (Å²) in [7, 11) is 0. The SMILES string of the molecule is CCCn1ccc(NC(=O)c2cc(-c3ccccc3)nc3c2cnn3CC)n1. The zero-order valence-electron chi connectivity index (χ0n) is 16.0. The molecule has 0 fully saturated rings. The lowest BCUT2D eigenvalue weighted by atomic mass is 10.1. The highest BCUT2D eigenvalue weighted by Gasteiger charge is 2.18. The Morgan fingerprint density at radius 3 is 2.71 bits per heavy atom. The smallest absolute Gasteiger partial charge is 0.257 e. The van der Waals surface area contributed by atoms with Crippen molar-refractivity contribution in [2.24, 2.45) is 0 Å². The maximum Gasteiger partial charge on any atom is 0.257 e. The Bertz CT molecular complexity index is 1110. The molecule has 28 heavy (non-hydrogen) atoms. The Morgan fingerprint density at radius 2 is 1.96 bits per heavy atom. The van der Waals surface area contributed by atoms with E-state index in [4.69, 9.17) is 4.98 Å². The molecule has 1 N–H and O–H groups in total. The first-order chi connectivity index (χ1) is 13.7. The molecule has 0 unspecified atom stereocenters. The number of hydrogen-bond donors (Lipinski definition) is 1. The van der Waals surface area contributed by atoms with E-state index < -0.39 is 0 Å². The summed E-state index contributed by atoms with van der Waals surface area (Å²) < 4.78 is 3.62. The van der Waals surface area contributed by atoms with Gasteiger partial charge in [0, 0.05) is 30.9 Å². The minimum absolute atomic E-state index is 0.220. The quantitative estimate of drug-likeness (QED) is 0.554. The summed E-state index contributed by atoms with van der Waals surface area (Å²) in [6.07, 6.45) is 4.55. The molecule has 4 rings (SSSR count). The fourth-order valence-electron chi connectivity index (χ4n) is 3.19. The zero-order chi connectivity index (χ0) is 19.5. The molecule has 0 bridgehead atoms. The highest BCUT2D eigenvalue weighted by Crippen LogP contribution is 2.25. The summed E-state index contributed by atoms with van der Waals surface area (Å²) in [6, 6.07) is 13.5. The number of nitrogens with one attached hydrogen (secondary N) is 1. The number of carbonyl (C=O) groups is 1. The zero-order valence-corrected chi connectivity index (χ0v) is 16.0. The van der Waals surface area contributed by atoms with E-state index in [0.29, 0.717) is 23.6 Å². The predicted molar refractivity (Wildman–Crippen MR) is 109 cm³/mol. The third kappa shape index (κ3) is 3.38. The van der Waals surface area contributed by atoms with Gasteiger partial charge >= 0.3 is 0 Å². The highest BCUT2D eigenvalue weighted by atomic mass is 16.1. The highest BCUT2D eigenvalue weighted by molar-refractivity contribution is 6.12. The Labute approximate surface area is 163 Å². The average Bonchev–Trinajstić information content (AvgIpc) is 3.34. The van der Waals surface area contributed by atoms with E-state index in [0.717, 1.165) is 29.6 Å². The van der Waals surface area contributed by atoms with Crippen molar-refractivity contribution in [3.05, 3.63) is 60.4 Å². The number of carbonyl (C=O) groups excluding carboxylic acids is 1. The number of amides is 1. The Morgan fingerprint density at radius 1 is 1.14 bits per heavy atom. The van der Waals surface area contributed by atoms with Crippen molar-refractivity contribution < 1.29 is 4.79 Å². The molecule has 1 amide bonds. The van der Waals surface area contributed by atoms with Crippen LogP contribution in [0.15, 0.2) is 54.9 Å². The largest absolute Gasteiger partial charge is 0.305 e. The molecule has 0 saturated heterocycles. The van der Waals surface area contributed by atoms with E-state index in [-0.39, 0.29) is 5.91 Å². The molecule has 7 heteroatoms. The molecule has 0 saturated carbocycles. The van der Waals surface area contributed by atoms with Gasteiger partial charge in [0.25, 0.3) is 5.91 Å². The topological polar surface area (TPSA) is 77.6 Å². The van der Waals surface area contributed by atoms with Crippen LogP contribution in [-0.4, -0.2) is 30.5 Å². The second-order valence-electron chi connectivity index (χ2n) is 6.54. The first kappa shape index (κ1) is 17.9. The summed E-state index contributed by atoms with van der Waals surface area (Å²) >= 11 is 0. The standard InChI is InChI=1S/C21H22N6O/c1-3-11-26-12-10-19(25-26)24-21(28)16-13-18(15-8-6-5-7-9-15)23-20-17(16)14-22-27(20)4-2/h5-10,12-14H,3-4,11H2,1-2H3,(H,24,25,28). The van der Waals surface area contributed by atoms with Gasteiger partial charge in [-0.1, -0.05) is 37.3 Å². The van der Waals surface area contributed by atoms with Crippen LogP contribution in [0.1, 0.15) is 30.6 Å². The lowest BCUT2D eigenvalue weighted by Crippen LogP contribution is -2.14. The Hall–Kier alpha value is -3.48. The number of benzene rings is 1. The normalized spacial score (nSPS) is 11.1. The van der Waals surface area contributed by atoms with Crippen molar-refractivity contribution in [1.29, 1.82) is 0 Å². The lowest BCUT2D eigenvalue weighted by Gasteiger charge is -2.08. The summed E-state index contributed by atoms with van der Waals surface area (Å²) in [5.41, 5.74) is 2.93. The van der Waals surface area contributed by atoms with E-state index in [1.165, 1.54) is 0 Å². The average molecular weight is 374 g/mol. The third-order valence-corrected chi connectivity index (χ3v) is 4.56. The number of rotatable bonds is 6. The monoisotopic (exact) mass is 374 g/mol. The van der Waals surface area contributed by atoms with Crippen LogP contribution in [0, 0.1) is 0 Å². The van der Waals surface area contributed by atoms with Gasteiger partial charge in [0.2, 0.25) is 0 Å². The van der Waals surface area contributed by atoms with Gasteiger partial charge in [0.05, 0.1) is 22.8 Å². The van der Waals surface area contributed by atoms with E-state index in [9.17, 15) is 4.79 Å². The maximum absolute atomic E-state index is 13.1. The van der Waals surface area contributed by atoms with E-state index in [2.05, 4.69) is 22.4 Å². The first-order valence-corrected chi connectivity index (χ1v) is 9.46. The Balaban J connectivity index is 1.76. The molecule has 4 aromatic rings. The Kier molecular flexibility index (Phi) is 4.89. The van der Waals surface area contributed by atoms with Gasteiger partial charge in [-0.05, 0) is 19.4 Å². The van der Waals surface area contributed by atoms with Crippen LogP contribution >= 0.6 is 0 Å². The van der Waals surface area contributed by atoms with Crippen LogP contribution in [-0.2, 0) is 13.1 Å². The van der Waals surface area contributed by atoms with Crippen molar-refractivity contribution in [2.45, 2.75) is 33.4 Å². The molecule has 3 heterocycles. The molecule has 0 radical (unpaired) electrons. The van der Waals surface area contributed by atoms with Gasteiger partial charge in [0.15, 0.2) is 11.5 Å². The van der Waals surface area contributed by atoms with E-state index in [1.54, 1.807) is 16.9 Å². The lowest BCUT2D eigenvalue weighted by molar-refractivity contribution is 0.102. The first-order valence-electron chi connectivity index (χ1n) is 9.46. The molecule has 1 aromatic carbocycles. The third-order valence-electron chi connectivity index (χ3n) is 4.56. The van der Waals surface area contributed by atoms with Crippen molar-refractivity contribution >= 4 is 22.8 Å². The number of nitrogens with zero attached hydrogens (tertiary/aromatic N) is 5. The minimum atomic E-state index is -0.220. The summed E-state index contributed by atoms with van der Waals surface area (Å²) in [4.78, 5) is 17.8. The molecular weight excluding hydrogens is 352 g/mol. The fraction of sp³-hybridized carbons (Fsp3) is 0.238. The van der Waals surface area contributed by atoms with Crippen LogP contribution in [0.4, 0.5) is 5.82 Å². The van der Waals surface area contributed by atoms with Crippen LogP contribution in [0.5, 0.6) is 0 Å². The number of fused-ring (bicyclic) bond motifs is 1. The van der Waals surface area contributed by atoms with Crippen molar-refractivity contribution in [3.63, 3.8) is 0 Å². The molecule has 0 aliphatic carbocycles. The van der Waals surface area contributed by atoms with E-state index >= 15 is 0 Å². The molecule has 142 valence electrons. The van der Waals surface area contributed by atoms with Crippen molar-refractivity contribution in [2.75, 3.05) is 5.32 Å². The fourth-order valence-corrected chi connectivity index (χ4v) is 3.19. The van der Waals surface area contributed by atoms with Crippen molar-refractivity contribution in [1.82, 2.24) is 24.5 Å². The van der Waals surface area contributed by atoms with Crippen molar-refractivity contribution in [3.8, 4) is 11.3 Å². The van der Waals surface area contributed by atoms with Gasteiger partial charge < -0.3 is 5.32 Å². The second kappa shape index (κ2) is 7.64. The number of hydrogen-bond acceptors (Lipinski definition) is 4. The number of aromatic nitrogens is 5. The molecule has 7 nitrogen and oxygen atoms in total. The van der Waals surface area contributed by atoms with Gasteiger partial charge in [-0.15, -0.1) is 0 Å². The van der Waals surface area contributed by atoms with Crippen LogP contribution < -0.4 is 5.32 Å². The van der Waals surface area contributed by atoms with E-state index in [1.807, 2.05) is 54.2 Å². The van der Waals surface area contributed by atoms with Gasteiger partial charge in [-0.2, -0.15) is 10.2 Å². The number of pyridine rings is 1. The maximum atomic E-state index is 13.1. The second-order valence-corrected chi connectivity index (χ2v) is 6.54. The van der Waals surface area contributed by atoms with Crippen LogP contribution in [0.3, 0.4) is 0 Å². The van der Waals surface area contributed by atoms with Crippen LogP contribution in [0.25, 0.3) is 22.3 Å². The molecule has 0 aliphatic heterocycles. The summed E-state index contributed by atoms with van der Waals surface area (Å²) in [6.45, 7) is 5.58. The number of anilines is 1. The predicted octanol–water partition coefficient (Wildman–Crippen LogP) is 3.98. The molecule has 0 aliphatic rings.